The van der Waals surface area contributed by atoms with E-state index in [0.717, 1.165) is 24.0 Å². The monoisotopic (exact) mass is 289 g/mol. The first-order valence-corrected chi connectivity index (χ1v) is 7.34. The molecule has 112 valence electrons. The van der Waals surface area contributed by atoms with Gasteiger partial charge in [-0.05, 0) is 24.0 Å². The third-order valence-corrected chi connectivity index (χ3v) is 4.33. The maximum Gasteiger partial charge on any atom is 0.326 e. The molecule has 1 fully saturated rings. The molecule has 0 spiro atoms. The van der Waals surface area contributed by atoms with Gasteiger partial charge in [-0.1, -0.05) is 24.3 Å². The van der Waals surface area contributed by atoms with Crippen molar-refractivity contribution >= 4 is 11.9 Å². The summed E-state index contributed by atoms with van der Waals surface area (Å²) in [5.74, 6) is -1.22. The Hall–Kier alpha value is -1.88. The lowest BCUT2D eigenvalue weighted by atomic mass is 9.91. The molecule has 1 aromatic rings. The highest BCUT2D eigenvalue weighted by Crippen LogP contribution is 2.27. The molecule has 5 nitrogen and oxygen atoms in total. The van der Waals surface area contributed by atoms with E-state index in [0.29, 0.717) is 26.2 Å². The Labute approximate surface area is 123 Å². The Balaban J connectivity index is 1.85. The number of amides is 1. The summed E-state index contributed by atoms with van der Waals surface area (Å²) in [6.07, 6.45) is 2.02. The molecule has 0 bridgehead atoms. The molecule has 0 aromatic heterocycles. The minimum atomic E-state index is -0.936. The lowest BCUT2D eigenvalue weighted by Gasteiger charge is -2.37. The zero-order valence-corrected chi connectivity index (χ0v) is 11.8. The molecule has 2 heterocycles. The van der Waals surface area contributed by atoms with Gasteiger partial charge in [0.15, 0.2) is 0 Å². The van der Waals surface area contributed by atoms with Crippen molar-refractivity contribution in [1.29, 1.82) is 0 Å². The Bertz CT molecular complexity index is 551. The highest BCUT2D eigenvalue weighted by atomic mass is 16.5. The van der Waals surface area contributed by atoms with Crippen LogP contribution in [0.15, 0.2) is 24.3 Å². The quantitative estimate of drug-likeness (QED) is 0.895. The fourth-order valence-electron chi connectivity index (χ4n) is 3.15. The summed E-state index contributed by atoms with van der Waals surface area (Å²) >= 11 is 0. The van der Waals surface area contributed by atoms with Crippen LogP contribution in [0, 0.1) is 5.92 Å². The summed E-state index contributed by atoms with van der Waals surface area (Å²) in [5, 5.41) is 9.46. The number of benzene rings is 1. The van der Waals surface area contributed by atoms with Crippen molar-refractivity contribution in [1.82, 2.24) is 4.90 Å². The number of ether oxygens (including phenoxy) is 1. The fraction of sp³-hybridized carbons (Fsp3) is 0.500. The normalized spacial score (nSPS) is 25.2. The van der Waals surface area contributed by atoms with Crippen molar-refractivity contribution in [3.63, 3.8) is 0 Å². The highest BCUT2D eigenvalue weighted by Gasteiger charge is 2.37. The van der Waals surface area contributed by atoms with E-state index in [9.17, 15) is 14.7 Å². The molecule has 2 atom stereocenters. The number of carbonyl (C=O) groups excluding carboxylic acids is 1. The first-order chi connectivity index (χ1) is 10.2. The van der Waals surface area contributed by atoms with Crippen LogP contribution in [0.2, 0.25) is 0 Å². The van der Waals surface area contributed by atoms with Gasteiger partial charge in [-0.25, -0.2) is 4.79 Å². The van der Waals surface area contributed by atoms with E-state index in [1.165, 1.54) is 4.90 Å². The average Bonchev–Trinajstić information content (AvgIpc) is 2.53. The van der Waals surface area contributed by atoms with Crippen molar-refractivity contribution in [2.45, 2.75) is 31.8 Å². The molecule has 5 heteroatoms. The first-order valence-electron chi connectivity index (χ1n) is 7.34. The van der Waals surface area contributed by atoms with E-state index < -0.39 is 12.0 Å². The van der Waals surface area contributed by atoms with Gasteiger partial charge in [-0.2, -0.15) is 0 Å². The number of carboxylic acid groups (broad SMARTS) is 1. The Morgan fingerprint density at radius 2 is 2.00 bits per heavy atom. The van der Waals surface area contributed by atoms with Crippen molar-refractivity contribution in [3.05, 3.63) is 35.4 Å². The second kappa shape index (κ2) is 5.85. The standard InChI is InChI=1S/C16H19NO4/c18-15(13-6-3-7-21-10-13)17-9-12-5-2-1-4-11(12)8-14(17)16(19)20/h1-2,4-5,13-14H,3,6-10H2,(H,19,20)/t13?,14-/m0/s1. The number of carboxylic acids is 1. The van der Waals surface area contributed by atoms with Crippen LogP contribution in [0.1, 0.15) is 24.0 Å². The summed E-state index contributed by atoms with van der Waals surface area (Å²) in [4.78, 5) is 25.7. The Morgan fingerprint density at radius 1 is 1.24 bits per heavy atom. The van der Waals surface area contributed by atoms with Gasteiger partial charge in [0, 0.05) is 19.6 Å². The van der Waals surface area contributed by atoms with Crippen LogP contribution in [-0.2, 0) is 27.3 Å². The molecule has 2 aliphatic heterocycles. The molecule has 1 aromatic carbocycles. The third-order valence-electron chi connectivity index (χ3n) is 4.33. The summed E-state index contributed by atoms with van der Waals surface area (Å²) in [7, 11) is 0. The van der Waals surface area contributed by atoms with Gasteiger partial charge < -0.3 is 14.7 Å². The number of hydrogen-bond acceptors (Lipinski definition) is 3. The van der Waals surface area contributed by atoms with Crippen molar-refractivity contribution in [2.75, 3.05) is 13.2 Å². The van der Waals surface area contributed by atoms with E-state index in [4.69, 9.17) is 4.74 Å². The summed E-state index contributed by atoms with van der Waals surface area (Å²) in [6, 6.07) is 6.97. The Kier molecular flexibility index (Phi) is 3.92. The molecule has 1 saturated heterocycles. The molecule has 3 rings (SSSR count). The Morgan fingerprint density at radius 3 is 2.67 bits per heavy atom. The van der Waals surface area contributed by atoms with Crippen molar-refractivity contribution < 1.29 is 19.4 Å². The molecule has 1 N–H and O–H groups in total. The lowest BCUT2D eigenvalue weighted by Crippen LogP contribution is -2.51. The van der Waals surface area contributed by atoms with E-state index >= 15 is 0 Å². The van der Waals surface area contributed by atoms with Gasteiger partial charge in [0.05, 0.1) is 12.5 Å². The number of hydrogen-bond donors (Lipinski definition) is 1. The van der Waals surface area contributed by atoms with Crippen LogP contribution in [-0.4, -0.2) is 41.1 Å². The SMILES string of the molecule is O=C(O)[C@@H]1Cc2ccccc2CN1C(=O)C1CCCOC1. The fourth-order valence-corrected chi connectivity index (χ4v) is 3.15. The molecule has 1 unspecified atom stereocenters. The average molecular weight is 289 g/mol. The molecular formula is C16H19NO4. The zero-order valence-electron chi connectivity index (χ0n) is 11.8. The molecule has 0 saturated carbocycles. The van der Waals surface area contributed by atoms with Gasteiger partial charge >= 0.3 is 5.97 Å². The first kappa shape index (κ1) is 14.1. The summed E-state index contributed by atoms with van der Waals surface area (Å²) in [5.41, 5.74) is 2.06. The van der Waals surface area contributed by atoms with Crippen LogP contribution in [0.3, 0.4) is 0 Å². The highest BCUT2D eigenvalue weighted by molar-refractivity contribution is 5.86. The second-order valence-corrected chi connectivity index (χ2v) is 5.71. The van der Waals surface area contributed by atoms with E-state index in [2.05, 4.69) is 0 Å². The minimum absolute atomic E-state index is 0.0865. The van der Waals surface area contributed by atoms with Crippen LogP contribution in [0.25, 0.3) is 0 Å². The van der Waals surface area contributed by atoms with Crippen LogP contribution >= 0.6 is 0 Å². The largest absolute Gasteiger partial charge is 0.480 e. The maximum absolute atomic E-state index is 12.7. The smallest absolute Gasteiger partial charge is 0.326 e. The molecule has 0 aliphatic carbocycles. The minimum Gasteiger partial charge on any atom is -0.480 e. The van der Waals surface area contributed by atoms with Gasteiger partial charge in [-0.3, -0.25) is 4.79 Å². The van der Waals surface area contributed by atoms with Crippen molar-refractivity contribution in [3.8, 4) is 0 Å². The second-order valence-electron chi connectivity index (χ2n) is 5.71. The number of nitrogens with zero attached hydrogens (tertiary/aromatic N) is 1. The van der Waals surface area contributed by atoms with E-state index in [1.54, 1.807) is 0 Å². The van der Waals surface area contributed by atoms with E-state index in [-0.39, 0.29) is 11.8 Å². The molecule has 2 aliphatic rings. The van der Waals surface area contributed by atoms with Gasteiger partial charge in [0.2, 0.25) is 5.91 Å². The molecule has 21 heavy (non-hydrogen) atoms. The topological polar surface area (TPSA) is 66.8 Å². The van der Waals surface area contributed by atoms with Crippen LogP contribution in [0.5, 0.6) is 0 Å². The number of rotatable bonds is 2. The predicted molar refractivity (Wildman–Crippen MR) is 75.7 cm³/mol. The maximum atomic E-state index is 12.7. The van der Waals surface area contributed by atoms with Gasteiger partial charge in [0.25, 0.3) is 0 Å². The van der Waals surface area contributed by atoms with E-state index in [1.807, 2.05) is 24.3 Å². The van der Waals surface area contributed by atoms with Crippen molar-refractivity contribution in [2.24, 2.45) is 5.92 Å². The molecule has 0 radical (unpaired) electrons. The number of carbonyl (C=O) groups is 2. The summed E-state index contributed by atoms with van der Waals surface area (Å²) < 4.78 is 5.36. The van der Waals surface area contributed by atoms with Gasteiger partial charge in [0.1, 0.15) is 6.04 Å². The number of fused-ring (bicyclic) bond motifs is 1. The summed E-state index contributed by atoms with van der Waals surface area (Å²) in [6.45, 7) is 1.47. The molecular weight excluding hydrogens is 270 g/mol. The predicted octanol–water partition coefficient (Wildman–Crippen LogP) is 1.45. The van der Waals surface area contributed by atoms with Crippen LogP contribution < -0.4 is 0 Å². The molecule has 1 amide bonds. The zero-order chi connectivity index (χ0) is 14.8. The van der Waals surface area contributed by atoms with Gasteiger partial charge in [-0.15, -0.1) is 0 Å². The lowest BCUT2D eigenvalue weighted by molar-refractivity contribution is -0.155. The third kappa shape index (κ3) is 2.78. The van der Waals surface area contributed by atoms with Crippen LogP contribution in [0.4, 0.5) is 0 Å². The number of aliphatic carboxylic acids is 1.